The molecule has 1 saturated heterocycles. The van der Waals surface area contributed by atoms with E-state index in [9.17, 15) is 4.79 Å². The zero-order valence-corrected chi connectivity index (χ0v) is 14.5. The molecule has 0 aliphatic carbocycles. The van der Waals surface area contributed by atoms with Crippen molar-refractivity contribution in [2.75, 3.05) is 38.3 Å². The molecule has 1 aliphatic heterocycles. The number of nitrogens with one attached hydrogen (secondary N) is 1. The van der Waals surface area contributed by atoms with Gasteiger partial charge in [0.2, 0.25) is 11.9 Å². The van der Waals surface area contributed by atoms with Crippen molar-refractivity contribution in [3.8, 4) is 0 Å². The van der Waals surface area contributed by atoms with Gasteiger partial charge >= 0.3 is 0 Å². The van der Waals surface area contributed by atoms with Crippen molar-refractivity contribution >= 4 is 22.9 Å². The van der Waals surface area contributed by atoms with E-state index in [4.69, 9.17) is 9.72 Å². The molecule has 1 amide bonds. The summed E-state index contributed by atoms with van der Waals surface area (Å²) >= 11 is 0. The Labute approximate surface area is 142 Å². The van der Waals surface area contributed by atoms with Gasteiger partial charge in [-0.3, -0.25) is 4.79 Å². The van der Waals surface area contributed by atoms with Crippen molar-refractivity contribution < 1.29 is 9.53 Å². The molecular formula is C18H26N4O2. The number of aromatic nitrogens is 2. The number of amides is 1. The van der Waals surface area contributed by atoms with Gasteiger partial charge < -0.3 is 19.5 Å². The van der Waals surface area contributed by atoms with Gasteiger partial charge in [0.25, 0.3) is 0 Å². The van der Waals surface area contributed by atoms with Crippen LogP contribution < -0.4 is 10.2 Å². The molecule has 6 nitrogen and oxygen atoms in total. The molecule has 0 saturated carbocycles. The van der Waals surface area contributed by atoms with Crippen LogP contribution in [0.25, 0.3) is 11.0 Å². The zero-order valence-electron chi connectivity index (χ0n) is 14.5. The highest BCUT2D eigenvalue weighted by Crippen LogP contribution is 2.26. The maximum Gasteiger partial charge on any atom is 0.224 e. The Morgan fingerprint density at radius 1 is 1.42 bits per heavy atom. The first-order valence-electron chi connectivity index (χ1n) is 8.71. The number of nitrogens with zero attached hydrogens (tertiary/aromatic N) is 3. The lowest BCUT2D eigenvalue weighted by Crippen LogP contribution is -2.44. The quantitative estimate of drug-likeness (QED) is 0.824. The summed E-state index contributed by atoms with van der Waals surface area (Å²) in [5.74, 6) is 1.12. The third kappa shape index (κ3) is 3.38. The number of methoxy groups -OCH3 is 1. The van der Waals surface area contributed by atoms with E-state index in [0.29, 0.717) is 13.2 Å². The van der Waals surface area contributed by atoms with E-state index in [1.165, 1.54) is 0 Å². The van der Waals surface area contributed by atoms with E-state index in [0.717, 1.165) is 49.5 Å². The van der Waals surface area contributed by atoms with E-state index >= 15 is 0 Å². The van der Waals surface area contributed by atoms with Gasteiger partial charge in [-0.1, -0.05) is 12.1 Å². The number of carbonyl (C=O) groups is 1. The van der Waals surface area contributed by atoms with Crippen LogP contribution in [0.15, 0.2) is 24.3 Å². The van der Waals surface area contributed by atoms with Gasteiger partial charge in [-0.2, -0.15) is 0 Å². The second-order valence-corrected chi connectivity index (χ2v) is 6.21. The summed E-state index contributed by atoms with van der Waals surface area (Å²) in [6.07, 6.45) is 1.94. The number of para-hydroxylation sites is 2. The van der Waals surface area contributed by atoms with Gasteiger partial charge in [0, 0.05) is 33.3 Å². The summed E-state index contributed by atoms with van der Waals surface area (Å²) < 4.78 is 7.23. The maximum absolute atomic E-state index is 12.4. The molecule has 0 spiro atoms. The third-order valence-electron chi connectivity index (χ3n) is 4.63. The van der Waals surface area contributed by atoms with E-state index in [1.54, 1.807) is 7.11 Å². The zero-order chi connectivity index (χ0) is 16.9. The second-order valence-electron chi connectivity index (χ2n) is 6.21. The molecule has 0 bridgehead atoms. The molecule has 6 heteroatoms. The summed E-state index contributed by atoms with van der Waals surface area (Å²) in [5.41, 5.74) is 2.17. The number of ether oxygens (including phenoxy) is 1. The van der Waals surface area contributed by atoms with Crippen molar-refractivity contribution in [2.45, 2.75) is 26.3 Å². The summed E-state index contributed by atoms with van der Waals surface area (Å²) in [7, 11) is 1.64. The molecule has 1 aromatic carbocycles. The van der Waals surface area contributed by atoms with Crippen molar-refractivity contribution in [3.05, 3.63) is 24.3 Å². The minimum absolute atomic E-state index is 0.0146. The molecule has 1 fully saturated rings. The van der Waals surface area contributed by atoms with E-state index in [1.807, 2.05) is 18.2 Å². The number of carbonyl (C=O) groups excluding carboxylic acids is 1. The summed E-state index contributed by atoms with van der Waals surface area (Å²) in [6.45, 7) is 5.80. The molecule has 2 heterocycles. The Bertz CT molecular complexity index is 697. The molecular weight excluding hydrogens is 304 g/mol. The summed E-state index contributed by atoms with van der Waals surface area (Å²) in [4.78, 5) is 19.4. The van der Waals surface area contributed by atoms with Crippen LogP contribution >= 0.6 is 0 Å². The van der Waals surface area contributed by atoms with Crippen molar-refractivity contribution in [2.24, 2.45) is 5.92 Å². The molecule has 0 radical (unpaired) electrons. The number of piperidine rings is 1. The lowest BCUT2D eigenvalue weighted by atomic mass is 9.97. The Balaban J connectivity index is 1.76. The highest BCUT2D eigenvalue weighted by atomic mass is 16.5. The van der Waals surface area contributed by atoms with Gasteiger partial charge in [-0.15, -0.1) is 0 Å². The van der Waals surface area contributed by atoms with Crippen LogP contribution in [0.4, 0.5) is 5.95 Å². The minimum Gasteiger partial charge on any atom is -0.383 e. The van der Waals surface area contributed by atoms with E-state index < -0.39 is 0 Å². The normalized spacial score (nSPS) is 18.1. The number of aryl methyl sites for hydroxylation is 1. The van der Waals surface area contributed by atoms with Crippen LogP contribution in [0.1, 0.15) is 19.8 Å². The van der Waals surface area contributed by atoms with Crippen LogP contribution in [-0.2, 0) is 16.1 Å². The number of benzene rings is 1. The standard InChI is InChI=1S/C18H26N4O2/c1-3-22-16-9-5-4-8-15(16)20-18(22)21-11-6-7-14(13-21)17(23)19-10-12-24-2/h4-5,8-9,14H,3,6-7,10-13H2,1-2H3,(H,19,23)/t14-/m1/s1. The summed E-state index contributed by atoms with van der Waals surface area (Å²) in [6, 6.07) is 8.21. The van der Waals surface area contributed by atoms with E-state index in [2.05, 4.69) is 27.8 Å². The first-order valence-corrected chi connectivity index (χ1v) is 8.71. The predicted molar refractivity (Wildman–Crippen MR) is 95.2 cm³/mol. The first kappa shape index (κ1) is 16.8. The average Bonchev–Trinajstić information content (AvgIpc) is 3.00. The highest BCUT2D eigenvalue weighted by molar-refractivity contribution is 5.81. The first-order chi connectivity index (χ1) is 11.7. The van der Waals surface area contributed by atoms with Crippen molar-refractivity contribution in [1.82, 2.24) is 14.9 Å². The van der Waals surface area contributed by atoms with Gasteiger partial charge in [0.15, 0.2) is 0 Å². The van der Waals surface area contributed by atoms with Crippen LogP contribution in [0.5, 0.6) is 0 Å². The minimum atomic E-state index is 0.0146. The number of imidazole rings is 1. The SMILES string of the molecule is CCn1c(N2CCC[C@@H](C(=O)NCCOC)C2)nc2ccccc21. The molecule has 1 N–H and O–H groups in total. The van der Waals surface area contributed by atoms with Crippen LogP contribution in [0.2, 0.25) is 0 Å². The lowest BCUT2D eigenvalue weighted by molar-refractivity contribution is -0.125. The molecule has 3 rings (SSSR count). The van der Waals surface area contributed by atoms with Crippen LogP contribution in [0.3, 0.4) is 0 Å². The average molecular weight is 330 g/mol. The Kier molecular flexibility index (Phi) is 5.35. The number of rotatable bonds is 6. The fourth-order valence-corrected chi connectivity index (χ4v) is 3.41. The topological polar surface area (TPSA) is 59.4 Å². The van der Waals surface area contributed by atoms with Crippen molar-refractivity contribution in [3.63, 3.8) is 0 Å². The van der Waals surface area contributed by atoms with Crippen LogP contribution in [-0.4, -0.2) is 48.8 Å². The number of anilines is 1. The largest absolute Gasteiger partial charge is 0.383 e. The smallest absolute Gasteiger partial charge is 0.224 e. The molecule has 1 aromatic heterocycles. The molecule has 24 heavy (non-hydrogen) atoms. The molecule has 130 valence electrons. The molecule has 1 atom stereocenters. The second kappa shape index (κ2) is 7.66. The Morgan fingerprint density at radius 3 is 3.04 bits per heavy atom. The molecule has 0 unspecified atom stereocenters. The number of hydrogen-bond acceptors (Lipinski definition) is 4. The van der Waals surface area contributed by atoms with Gasteiger partial charge in [-0.25, -0.2) is 4.98 Å². The monoisotopic (exact) mass is 330 g/mol. The molecule has 1 aliphatic rings. The third-order valence-corrected chi connectivity index (χ3v) is 4.63. The number of fused-ring (bicyclic) bond motifs is 1. The summed E-state index contributed by atoms with van der Waals surface area (Å²) in [5, 5.41) is 2.96. The van der Waals surface area contributed by atoms with E-state index in [-0.39, 0.29) is 11.8 Å². The number of hydrogen-bond donors (Lipinski definition) is 1. The Hall–Kier alpha value is -2.08. The fourth-order valence-electron chi connectivity index (χ4n) is 3.41. The van der Waals surface area contributed by atoms with Gasteiger partial charge in [0.05, 0.1) is 23.6 Å². The van der Waals surface area contributed by atoms with Crippen LogP contribution in [0, 0.1) is 5.92 Å². The Morgan fingerprint density at radius 2 is 2.25 bits per heavy atom. The predicted octanol–water partition coefficient (Wildman–Crippen LogP) is 2.04. The lowest BCUT2D eigenvalue weighted by Gasteiger charge is -2.33. The molecule has 2 aromatic rings. The highest BCUT2D eigenvalue weighted by Gasteiger charge is 2.28. The van der Waals surface area contributed by atoms with Crippen molar-refractivity contribution in [1.29, 1.82) is 0 Å². The van der Waals surface area contributed by atoms with Gasteiger partial charge in [0.1, 0.15) is 0 Å². The van der Waals surface area contributed by atoms with Gasteiger partial charge in [-0.05, 0) is 31.9 Å². The fraction of sp³-hybridized carbons (Fsp3) is 0.556. The maximum atomic E-state index is 12.4.